The Hall–Kier alpha value is -1.31. The smallest absolute Gasteiger partial charge is 0.128 e. The van der Waals surface area contributed by atoms with Gasteiger partial charge < -0.3 is 5.32 Å². The minimum atomic E-state index is -0.147. The highest BCUT2D eigenvalue weighted by atomic mass is 19.1. The summed E-state index contributed by atoms with van der Waals surface area (Å²) in [6.45, 7) is 8.06. The lowest BCUT2D eigenvalue weighted by Gasteiger charge is -2.32. The fourth-order valence-electron chi connectivity index (χ4n) is 2.15. The summed E-state index contributed by atoms with van der Waals surface area (Å²) in [5, 5.41) is 3.36. The van der Waals surface area contributed by atoms with Crippen LogP contribution in [0.2, 0.25) is 0 Å². The molecular formula is C13H16FN. The third kappa shape index (κ3) is 1.65. The van der Waals surface area contributed by atoms with Crippen molar-refractivity contribution >= 4 is 11.3 Å². The van der Waals surface area contributed by atoms with Crippen LogP contribution in [0.25, 0.3) is 5.57 Å². The SMILES string of the molecule is CC1=CC(C)(C)Nc2c1ccc(F)c2C. The van der Waals surface area contributed by atoms with Gasteiger partial charge in [-0.05, 0) is 45.4 Å². The summed E-state index contributed by atoms with van der Waals surface area (Å²) in [4.78, 5) is 0. The summed E-state index contributed by atoms with van der Waals surface area (Å²) >= 11 is 0. The van der Waals surface area contributed by atoms with Gasteiger partial charge in [0.15, 0.2) is 0 Å². The van der Waals surface area contributed by atoms with Crippen LogP contribution in [-0.2, 0) is 0 Å². The Morgan fingerprint density at radius 3 is 2.53 bits per heavy atom. The second-order valence-corrected chi connectivity index (χ2v) is 4.77. The molecule has 0 bridgehead atoms. The van der Waals surface area contributed by atoms with E-state index < -0.39 is 0 Å². The molecule has 1 aliphatic rings. The van der Waals surface area contributed by atoms with Crippen molar-refractivity contribution in [3.8, 4) is 0 Å². The van der Waals surface area contributed by atoms with Gasteiger partial charge in [-0.15, -0.1) is 0 Å². The average Bonchev–Trinajstić information content (AvgIpc) is 2.10. The summed E-state index contributed by atoms with van der Waals surface area (Å²) in [6, 6.07) is 3.37. The third-order valence-electron chi connectivity index (χ3n) is 2.85. The van der Waals surface area contributed by atoms with Crippen molar-refractivity contribution in [2.75, 3.05) is 5.32 Å². The standard InChI is InChI=1S/C13H16FN/c1-8-7-13(3,4)15-12-9(2)11(14)6-5-10(8)12/h5-7,15H,1-4H3. The topological polar surface area (TPSA) is 12.0 Å². The molecule has 0 saturated heterocycles. The van der Waals surface area contributed by atoms with E-state index in [4.69, 9.17) is 0 Å². The Labute approximate surface area is 90.0 Å². The van der Waals surface area contributed by atoms with Crippen molar-refractivity contribution < 1.29 is 4.39 Å². The lowest BCUT2D eigenvalue weighted by molar-refractivity contribution is 0.616. The van der Waals surface area contributed by atoms with E-state index in [1.54, 1.807) is 0 Å². The van der Waals surface area contributed by atoms with Crippen LogP contribution in [0.1, 0.15) is 31.9 Å². The van der Waals surface area contributed by atoms with Crippen molar-refractivity contribution in [2.45, 2.75) is 33.2 Å². The Bertz CT molecular complexity index is 444. The van der Waals surface area contributed by atoms with Gasteiger partial charge in [-0.25, -0.2) is 4.39 Å². The number of benzene rings is 1. The molecule has 1 N–H and O–H groups in total. The molecule has 0 aliphatic carbocycles. The van der Waals surface area contributed by atoms with E-state index in [1.165, 1.54) is 11.6 Å². The van der Waals surface area contributed by atoms with Crippen LogP contribution in [0, 0.1) is 12.7 Å². The Morgan fingerprint density at radius 1 is 1.20 bits per heavy atom. The number of fused-ring (bicyclic) bond motifs is 1. The summed E-state index contributed by atoms with van der Waals surface area (Å²) in [5.74, 6) is -0.147. The van der Waals surface area contributed by atoms with Crippen molar-refractivity contribution in [2.24, 2.45) is 0 Å². The fourth-order valence-corrected chi connectivity index (χ4v) is 2.15. The maximum absolute atomic E-state index is 13.4. The van der Waals surface area contributed by atoms with Gasteiger partial charge in [0.2, 0.25) is 0 Å². The second-order valence-electron chi connectivity index (χ2n) is 4.77. The zero-order chi connectivity index (χ0) is 11.2. The van der Waals surface area contributed by atoms with Gasteiger partial charge in [-0.1, -0.05) is 6.08 Å². The summed E-state index contributed by atoms with van der Waals surface area (Å²) in [6.07, 6.45) is 2.17. The van der Waals surface area contributed by atoms with Crippen LogP contribution in [0.5, 0.6) is 0 Å². The Balaban J connectivity index is 2.65. The van der Waals surface area contributed by atoms with Gasteiger partial charge in [0.25, 0.3) is 0 Å². The van der Waals surface area contributed by atoms with Gasteiger partial charge >= 0.3 is 0 Å². The first-order valence-electron chi connectivity index (χ1n) is 5.18. The zero-order valence-electron chi connectivity index (χ0n) is 9.61. The monoisotopic (exact) mass is 205 g/mol. The number of anilines is 1. The maximum atomic E-state index is 13.4. The van der Waals surface area contributed by atoms with Gasteiger partial charge in [0, 0.05) is 16.8 Å². The molecule has 1 nitrogen and oxygen atoms in total. The molecule has 0 aromatic heterocycles. The molecule has 1 aliphatic heterocycles. The largest absolute Gasteiger partial charge is 0.376 e. The van der Waals surface area contributed by atoms with Crippen LogP contribution in [-0.4, -0.2) is 5.54 Å². The number of hydrogen-bond donors (Lipinski definition) is 1. The lowest BCUT2D eigenvalue weighted by Crippen LogP contribution is -2.32. The predicted molar refractivity (Wildman–Crippen MR) is 62.5 cm³/mol. The summed E-state index contributed by atoms with van der Waals surface area (Å²) < 4.78 is 13.4. The Morgan fingerprint density at radius 2 is 1.87 bits per heavy atom. The molecule has 0 radical (unpaired) electrons. The molecule has 0 amide bonds. The van der Waals surface area contributed by atoms with Crippen molar-refractivity contribution in [3.05, 3.63) is 35.2 Å². The summed E-state index contributed by atoms with van der Waals surface area (Å²) in [5.41, 5.74) is 3.84. The van der Waals surface area contributed by atoms with Gasteiger partial charge in [-0.2, -0.15) is 0 Å². The molecule has 80 valence electrons. The van der Waals surface area contributed by atoms with E-state index in [-0.39, 0.29) is 11.4 Å². The minimum absolute atomic E-state index is 0.102. The number of rotatable bonds is 0. The fraction of sp³-hybridized carbons (Fsp3) is 0.385. The van der Waals surface area contributed by atoms with Crippen molar-refractivity contribution in [3.63, 3.8) is 0 Å². The Kier molecular flexibility index (Phi) is 2.10. The van der Waals surface area contributed by atoms with Crippen LogP contribution < -0.4 is 5.32 Å². The van der Waals surface area contributed by atoms with Gasteiger partial charge in [0.05, 0.1) is 5.54 Å². The van der Waals surface area contributed by atoms with Gasteiger partial charge in [0.1, 0.15) is 5.82 Å². The highest BCUT2D eigenvalue weighted by Gasteiger charge is 2.24. The lowest BCUT2D eigenvalue weighted by atomic mass is 9.89. The molecule has 1 aromatic rings. The normalized spacial score (nSPS) is 17.8. The number of halogens is 1. The molecular weight excluding hydrogens is 189 g/mol. The molecule has 2 rings (SSSR count). The molecule has 0 atom stereocenters. The molecule has 1 aromatic carbocycles. The molecule has 0 saturated carbocycles. The number of hydrogen-bond acceptors (Lipinski definition) is 1. The van der Waals surface area contributed by atoms with E-state index in [0.717, 1.165) is 11.3 Å². The molecule has 1 heterocycles. The summed E-state index contributed by atoms with van der Waals surface area (Å²) in [7, 11) is 0. The third-order valence-corrected chi connectivity index (χ3v) is 2.85. The molecule has 0 unspecified atom stereocenters. The van der Waals surface area contributed by atoms with Crippen molar-refractivity contribution in [1.82, 2.24) is 0 Å². The predicted octanol–water partition coefficient (Wildman–Crippen LogP) is 3.74. The van der Waals surface area contributed by atoms with Crippen LogP contribution in [0.15, 0.2) is 18.2 Å². The van der Waals surface area contributed by atoms with E-state index >= 15 is 0 Å². The van der Waals surface area contributed by atoms with Crippen molar-refractivity contribution in [1.29, 1.82) is 0 Å². The van der Waals surface area contributed by atoms with E-state index in [0.29, 0.717) is 5.56 Å². The zero-order valence-corrected chi connectivity index (χ0v) is 9.61. The van der Waals surface area contributed by atoms with E-state index in [1.807, 2.05) is 13.0 Å². The highest BCUT2D eigenvalue weighted by Crippen LogP contribution is 2.36. The second kappa shape index (κ2) is 3.09. The van der Waals surface area contributed by atoms with Gasteiger partial charge in [-0.3, -0.25) is 0 Å². The highest BCUT2D eigenvalue weighted by molar-refractivity contribution is 5.81. The van der Waals surface area contributed by atoms with Crippen LogP contribution >= 0.6 is 0 Å². The van der Waals surface area contributed by atoms with Crippen LogP contribution in [0.4, 0.5) is 10.1 Å². The average molecular weight is 205 g/mol. The molecule has 2 heteroatoms. The maximum Gasteiger partial charge on any atom is 0.128 e. The number of nitrogens with one attached hydrogen (secondary N) is 1. The van der Waals surface area contributed by atoms with E-state index in [2.05, 4.69) is 32.2 Å². The first-order chi connectivity index (χ1) is 6.91. The van der Waals surface area contributed by atoms with Crippen LogP contribution in [0.3, 0.4) is 0 Å². The molecule has 0 fully saturated rings. The quantitative estimate of drug-likeness (QED) is 0.680. The number of allylic oxidation sites excluding steroid dienone is 1. The first-order valence-corrected chi connectivity index (χ1v) is 5.18. The molecule has 15 heavy (non-hydrogen) atoms. The minimum Gasteiger partial charge on any atom is -0.376 e. The first kappa shape index (κ1) is 10.2. The molecule has 0 spiro atoms. The van der Waals surface area contributed by atoms with E-state index in [9.17, 15) is 4.39 Å².